The van der Waals surface area contributed by atoms with Gasteiger partial charge in [-0.2, -0.15) is 4.99 Å². The van der Waals surface area contributed by atoms with Crippen molar-refractivity contribution in [2.75, 3.05) is 6.61 Å². The first-order valence-electron chi connectivity index (χ1n) is 5.12. The summed E-state index contributed by atoms with van der Waals surface area (Å²) in [5.41, 5.74) is 5.38. The molecule has 4 atom stereocenters. The first-order valence-corrected chi connectivity index (χ1v) is 5.12. The van der Waals surface area contributed by atoms with Crippen LogP contribution in [-0.2, 0) is 9.53 Å². The lowest BCUT2D eigenvalue weighted by molar-refractivity contribution is -0.125. The lowest BCUT2D eigenvalue weighted by Crippen LogP contribution is -2.31. The molecule has 0 aromatic carbocycles. The lowest BCUT2D eigenvalue weighted by Gasteiger charge is -2.19. The summed E-state index contributed by atoms with van der Waals surface area (Å²) in [5.74, 6) is -0.701. The Morgan fingerprint density at radius 3 is 2.94 bits per heavy atom. The van der Waals surface area contributed by atoms with Crippen LogP contribution in [0.3, 0.4) is 0 Å². The molecule has 4 N–H and O–H groups in total. The highest BCUT2D eigenvalue weighted by Crippen LogP contribution is 2.28. The third-order valence-electron chi connectivity index (χ3n) is 2.83. The molecule has 16 heavy (non-hydrogen) atoms. The molecule has 1 saturated heterocycles. The van der Waals surface area contributed by atoms with Gasteiger partial charge in [0, 0.05) is 6.42 Å². The van der Waals surface area contributed by atoms with Crippen molar-refractivity contribution >= 4 is 11.7 Å². The highest BCUT2D eigenvalue weighted by molar-refractivity contribution is 6.04. The summed E-state index contributed by atoms with van der Waals surface area (Å²) in [4.78, 5) is 15.2. The van der Waals surface area contributed by atoms with Crippen molar-refractivity contribution in [3.05, 3.63) is 12.2 Å². The van der Waals surface area contributed by atoms with E-state index >= 15 is 0 Å². The maximum atomic E-state index is 11.6. The second-order valence-corrected chi connectivity index (χ2v) is 3.96. The van der Waals surface area contributed by atoms with Crippen molar-refractivity contribution in [1.82, 2.24) is 0 Å². The number of nitrogens with zero attached hydrogens (tertiary/aromatic N) is 1. The zero-order chi connectivity index (χ0) is 11.7. The Bertz CT molecular complexity index is 353. The summed E-state index contributed by atoms with van der Waals surface area (Å²) in [7, 11) is 0. The number of amides is 1. The monoisotopic (exact) mass is 226 g/mol. The Balaban J connectivity index is 2.06. The van der Waals surface area contributed by atoms with E-state index in [2.05, 4.69) is 4.99 Å². The molecule has 0 aliphatic carbocycles. The number of dihydropyridines is 1. The summed E-state index contributed by atoms with van der Waals surface area (Å²) in [6.45, 7) is -0.256. The summed E-state index contributed by atoms with van der Waals surface area (Å²) >= 11 is 0. The number of amidine groups is 1. The first-order chi connectivity index (χ1) is 7.61. The average molecular weight is 226 g/mol. The molecule has 0 radical (unpaired) electrons. The van der Waals surface area contributed by atoms with Gasteiger partial charge < -0.3 is 20.7 Å². The molecule has 0 aromatic rings. The van der Waals surface area contributed by atoms with Crippen molar-refractivity contribution in [3.63, 3.8) is 0 Å². The van der Waals surface area contributed by atoms with Gasteiger partial charge in [-0.3, -0.25) is 4.79 Å². The van der Waals surface area contributed by atoms with Crippen molar-refractivity contribution < 1.29 is 19.7 Å². The molecule has 0 spiro atoms. The van der Waals surface area contributed by atoms with Crippen molar-refractivity contribution in [1.29, 1.82) is 0 Å². The molecule has 0 saturated carbocycles. The Hall–Kier alpha value is -1.24. The van der Waals surface area contributed by atoms with Gasteiger partial charge >= 0.3 is 0 Å². The fraction of sp³-hybridized carbons (Fsp3) is 0.600. The van der Waals surface area contributed by atoms with Crippen LogP contribution in [0.15, 0.2) is 17.1 Å². The molecule has 6 nitrogen and oxygen atoms in total. The molecule has 0 bridgehead atoms. The van der Waals surface area contributed by atoms with E-state index in [4.69, 9.17) is 15.6 Å². The van der Waals surface area contributed by atoms with Gasteiger partial charge in [0.2, 0.25) is 0 Å². The predicted molar refractivity (Wildman–Crippen MR) is 55.6 cm³/mol. The second kappa shape index (κ2) is 4.32. The third-order valence-corrected chi connectivity index (χ3v) is 2.83. The molecular formula is C10H14N2O4. The topological polar surface area (TPSA) is 105 Å². The average Bonchev–Trinajstić information content (AvgIpc) is 2.59. The molecule has 2 aliphatic rings. The highest BCUT2D eigenvalue weighted by Gasteiger charge is 2.40. The molecule has 1 fully saturated rings. The third kappa shape index (κ3) is 1.99. The number of carbonyl (C=O) groups is 1. The van der Waals surface area contributed by atoms with Gasteiger partial charge in [0.05, 0.1) is 24.7 Å². The summed E-state index contributed by atoms with van der Waals surface area (Å²) < 4.78 is 5.39. The van der Waals surface area contributed by atoms with Crippen molar-refractivity contribution in [2.24, 2.45) is 16.6 Å². The van der Waals surface area contributed by atoms with Crippen LogP contribution in [0.4, 0.5) is 0 Å². The van der Waals surface area contributed by atoms with Crippen LogP contribution >= 0.6 is 0 Å². The quantitative estimate of drug-likeness (QED) is 0.535. The van der Waals surface area contributed by atoms with Crippen LogP contribution in [-0.4, -0.2) is 46.9 Å². The van der Waals surface area contributed by atoms with E-state index in [0.717, 1.165) is 0 Å². The standard InChI is InChI=1S/C10H14N2O4/c11-9-2-1-5(10(15)12-9)7-3-6(14)8(4-13)16-7/h1-2,5-8,13-14H,3-4H2,(H2,11,12,15)/t5?,6?,7-,8-/m1/s1. The number of hydrogen-bond acceptors (Lipinski definition) is 5. The number of nitrogens with two attached hydrogens (primary N) is 1. The van der Waals surface area contributed by atoms with Crippen LogP contribution in [0.25, 0.3) is 0 Å². The largest absolute Gasteiger partial charge is 0.394 e. The summed E-state index contributed by atoms with van der Waals surface area (Å²) in [5, 5.41) is 18.5. The summed E-state index contributed by atoms with van der Waals surface area (Å²) in [6, 6.07) is 0. The SMILES string of the molecule is NC1=NC(=O)C([C@H]2CC(O)[C@@H](CO)O2)C=C1. The summed E-state index contributed by atoms with van der Waals surface area (Å²) in [6.07, 6.45) is 1.71. The van der Waals surface area contributed by atoms with Gasteiger partial charge in [-0.05, 0) is 6.08 Å². The number of hydrogen-bond donors (Lipinski definition) is 3. The van der Waals surface area contributed by atoms with Crippen LogP contribution in [0.5, 0.6) is 0 Å². The molecule has 0 aromatic heterocycles. The molecule has 1 amide bonds. The van der Waals surface area contributed by atoms with Crippen LogP contribution in [0.2, 0.25) is 0 Å². The normalized spacial score (nSPS) is 38.9. The molecule has 2 heterocycles. The zero-order valence-electron chi connectivity index (χ0n) is 8.61. The first kappa shape index (κ1) is 11.3. The van der Waals surface area contributed by atoms with Gasteiger partial charge in [-0.1, -0.05) is 6.08 Å². The number of rotatable bonds is 2. The number of aliphatic hydroxyl groups excluding tert-OH is 2. The smallest absolute Gasteiger partial charge is 0.257 e. The maximum Gasteiger partial charge on any atom is 0.257 e. The van der Waals surface area contributed by atoms with E-state index in [1.54, 1.807) is 12.2 Å². The van der Waals surface area contributed by atoms with E-state index < -0.39 is 24.2 Å². The molecule has 2 aliphatic heterocycles. The Morgan fingerprint density at radius 2 is 2.38 bits per heavy atom. The van der Waals surface area contributed by atoms with Gasteiger partial charge in [0.15, 0.2) is 0 Å². The highest BCUT2D eigenvalue weighted by atomic mass is 16.5. The molecule has 6 heteroatoms. The minimum absolute atomic E-state index is 0.179. The minimum Gasteiger partial charge on any atom is -0.394 e. The van der Waals surface area contributed by atoms with Crippen LogP contribution in [0.1, 0.15) is 6.42 Å². The Morgan fingerprint density at radius 1 is 1.62 bits per heavy atom. The maximum absolute atomic E-state index is 11.6. The fourth-order valence-corrected chi connectivity index (χ4v) is 1.96. The molecular weight excluding hydrogens is 212 g/mol. The molecule has 88 valence electrons. The van der Waals surface area contributed by atoms with Gasteiger partial charge in [0.1, 0.15) is 11.9 Å². The van der Waals surface area contributed by atoms with E-state index in [1.807, 2.05) is 0 Å². The van der Waals surface area contributed by atoms with E-state index in [1.165, 1.54) is 0 Å². The van der Waals surface area contributed by atoms with E-state index in [9.17, 15) is 9.90 Å². The minimum atomic E-state index is -0.737. The van der Waals surface area contributed by atoms with Crippen LogP contribution < -0.4 is 5.73 Å². The second-order valence-electron chi connectivity index (χ2n) is 3.96. The fourth-order valence-electron chi connectivity index (χ4n) is 1.96. The number of carbonyl (C=O) groups excluding carboxylic acids is 1. The van der Waals surface area contributed by atoms with E-state index in [0.29, 0.717) is 6.42 Å². The Labute approximate surface area is 92.4 Å². The Kier molecular flexibility index (Phi) is 3.04. The number of aliphatic hydroxyl groups is 2. The number of aliphatic imine (C=N–C) groups is 1. The van der Waals surface area contributed by atoms with E-state index in [-0.39, 0.29) is 18.3 Å². The molecule has 2 rings (SSSR count). The van der Waals surface area contributed by atoms with Crippen molar-refractivity contribution in [2.45, 2.75) is 24.7 Å². The lowest BCUT2D eigenvalue weighted by atomic mass is 9.96. The van der Waals surface area contributed by atoms with Gasteiger partial charge in [0.25, 0.3) is 5.91 Å². The van der Waals surface area contributed by atoms with Gasteiger partial charge in [-0.15, -0.1) is 0 Å². The number of ether oxygens (including phenoxy) is 1. The zero-order valence-corrected chi connectivity index (χ0v) is 8.61. The van der Waals surface area contributed by atoms with Crippen LogP contribution in [0, 0.1) is 5.92 Å². The van der Waals surface area contributed by atoms with Gasteiger partial charge in [-0.25, -0.2) is 0 Å². The van der Waals surface area contributed by atoms with Crippen molar-refractivity contribution in [3.8, 4) is 0 Å². The predicted octanol–water partition coefficient (Wildman–Crippen LogP) is -1.43. The molecule has 2 unspecified atom stereocenters.